The lowest BCUT2D eigenvalue weighted by Crippen LogP contribution is -2.24. The molecule has 3 aromatic rings. The van der Waals surface area contributed by atoms with Crippen LogP contribution >= 0.6 is 15.9 Å². The summed E-state index contributed by atoms with van der Waals surface area (Å²) in [7, 11) is 0. The SMILES string of the molecule is O=C(Cc1ccc(Br)cc1)NCc1ccnc(-c2ccco2)c1. The molecule has 1 N–H and O–H groups in total. The standard InChI is InChI=1S/C18H15BrN2O2/c19-15-5-3-13(4-6-15)11-18(22)21-12-14-7-8-20-16(10-14)17-2-1-9-23-17/h1-10H,11-12H2,(H,21,22). The van der Waals surface area contributed by atoms with E-state index in [4.69, 9.17) is 4.42 Å². The molecule has 3 rings (SSSR count). The molecule has 1 amide bonds. The molecule has 0 bridgehead atoms. The number of carbonyl (C=O) groups is 1. The van der Waals surface area contributed by atoms with Crippen LogP contribution in [0.1, 0.15) is 11.1 Å². The number of furan rings is 1. The second kappa shape index (κ2) is 7.24. The quantitative estimate of drug-likeness (QED) is 0.739. The van der Waals surface area contributed by atoms with Crippen molar-refractivity contribution in [2.45, 2.75) is 13.0 Å². The van der Waals surface area contributed by atoms with Crippen molar-refractivity contribution >= 4 is 21.8 Å². The summed E-state index contributed by atoms with van der Waals surface area (Å²) in [6, 6.07) is 15.2. The largest absolute Gasteiger partial charge is 0.463 e. The molecule has 0 saturated heterocycles. The minimum Gasteiger partial charge on any atom is -0.463 e. The van der Waals surface area contributed by atoms with Gasteiger partial charge in [0.2, 0.25) is 5.91 Å². The van der Waals surface area contributed by atoms with Crippen LogP contribution in [0.3, 0.4) is 0 Å². The molecule has 0 unspecified atom stereocenters. The van der Waals surface area contributed by atoms with Crippen molar-refractivity contribution < 1.29 is 9.21 Å². The van der Waals surface area contributed by atoms with Gasteiger partial charge in [0.1, 0.15) is 5.69 Å². The number of aromatic nitrogens is 1. The highest BCUT2D eigenvalue weighted by atomic mass is 79.9. The first kappa shape index (κ1) is 15.5. The monoisotopic (exact) mass is 370 g/mol. The zero-order chi connectivity index (χ0) is 16.1. The van der Waals surface area contributed by atoms with Gasteiger partial charge in [-0.15, -0.1) is 0 Å². The third kappa shape index (κ3) is 4.29. The van der Waals surface area contributed by atoms with E-state index >= 15 is 0 Å². The van der Waals surface area contributed by atoms with Crippen LogP contribution in [0.2, 0.25) is 0 Å². The van der Waals surface area contributed by atoms with E-state index in [1.807, 2.05) is 48.5 Å². The second-order valence-corrected chi connectivity index (χ2v) is 6.02. The maximum absolute atomic E-state index is 12.0. The number of benzene rings is 1. The van der Waals surface area contributed by atoms with Crippen molar-refractivity contribution in [1.82, 2.24) is 10.3 Å². The minimum absolute atomic E-state index is 0.0105. The van der Waals surface area contributed by atoms with E-state index < -0.39 is 0 Å². The Morgan fingerprint density at radius 2 is 1.96 bits per heavy atom. The fourth-order valence-corrected chi connectivity index (χ4v) is 2.46. The number of nitrogens with zero attached hydrogens (tertiary/aromatic N) is 1. The summed E-state index contributed by atoms with van der Waals surface area (Å²) >= 11 is 3.38. The van der Waals surface area contributed by atoms with Gasteiger partial charge in [0.05, 0.1) is 12.7 Å². The van der Waals surface area contributed by atoms with E-state index in [0.29, 0.717) is 18.7 Å². The van der Waals surface area contributed by atoms with Gasteiger partial charge in [-0.1, -0.05) is 28.1 Å². The van der Waals surface area contributed by atoms with Gasteiger partial charge in [0.25, 0.3) is 0 Å². The van der Waals surface area contributed by atoms with Crippen LogP contribution in [-0.4, -0.2) is 10.9 Å². The Balaban J connectivity index is 1.58. The maximum Gasteiger partial charge on any atom is 0.224 e. The van der Waals surface area contributed by atoms with Crippen molar-refractivity contribution in [2.24, 2.45) is 0 Å². The number of hydrogen-bond acceptors (Lipinski definition) is 3. The molecule has 1 aromatic carbocycles. The van der Waals surface area contributed by atoms with Crippen molar-refractivity contribution in [3.63, 3.8) is 0 Å². The van der Waals surface area contributed by atoms with Gasteiger partial charge in [-0.2, -0.15) is 0 Å². The summed E-state index contributed by atoms with van der Waals surface area (Å²) in [4.78, 5) is 16.3. The van der Waals surface area contributed by atoms with Crippen LogP contribution in [0, 0.1) is 0 Å². The summed E-state index contributed by atoms with van der Waals surface area (Å²) in [5.41, 5.74) is 2.72. The molecule has 2 heterocycles. The molecule has 0 atom stereocenters. The highest BCUT2D eigenvalue weighted by Gasteiger charge is 2.06. The van der Waals surface area contributed by atoms with E-state index in [1.165, 1.54) is 0 Å². The topological polar surface area (TPSA) is 55.1 Å². The van der Waals surface area contributed by atoms with E-state index in [0.717, 1.165) is 21.3 Å². The molecule has 116 valence electrons. The van der Waals surface area contributed by atoms with Crippen LogP contribution in [0.15, 0.2) is 69.9 Å². The Kier molecular flexibility index (Phi) is 4.88. The molecule has 2 aromatic heterocycles. The number of pyridine rings is 1. The first-order chi connectivity index (χ1) is 11.2. The average Bonchev–Trinajstić information content (AvgIpc) is 3.10. The zero-order valence-electron chi connectivity index (χ0n) is 12.3. The van der Waals surface area contributed by atoms with Gasteiger partial charge in [-0.25, -0.2) is 0 Å². The molecule has 0 saturated carbocycles. The number of amides is 1. The molecule has 23 heavy (non-hydrogen) atoms. The third-order valence-corrected chi connectivity index (χ3v) is 3.89. The van der Waals surface area contributed by atoms with Gasteiger partial charge in [-0.05, 0) is 47.5 Å². The average molecular weight is 371 g/mol. The molecule has 0 fully saturated rings. The highest BCUT2D eigenvalue weighted by Crippen LogP contribution is 2.18. The number of hydrogen-bond donors (Lipinski definition) is 1. The Labute approximate surface area is 142 Å². The lowest BCUT2D eigenvalue weighted by atomic mass is 10.1. The predicted octanol–water partition coefficient (Wildman–Crippen LogP) is 3.96. The molecule has 0 radical (unpaired) electrons. The van der Waals surface area contributed by atoms with Gasteiger partial charge in [-0.3, -0.25) is 9.78 Å². The lowest BCUT2D eigenvalue weighted by Gasteiger charge is -2.06. The van der Waals surface area contributed by atoms with Gasteiger partial charge < -0.3 is 9.73 Å². The molecule has 4 nitrogen and oxygen atoms in total. The fourth-order valence-electron chi connectivity index (χ4n) is 2.19. The molecule has 0 aliphatic carbocycles. The normalized spacial score (nSPS) is 10.5. The van der Waals surface area contributed by atoms with Gasteiger partial charge in [0, 0.05) is 17.2 Å². The summed E-state index contributed by atoms with van der Waals surface area (Å²) in [6.07, 6.45) is 3.70. The minimum atomic E-state index is -0.0105. The summed E-state index contributed by atoms with van der Waals surface area (Å²) < 4.78 is 6.34. The first-order valence-electron chi connectivity index (χ1n) is 7.21. The summed E-state index contributed by atoms with van der Waals surface area (Å²) in [5.74, 6) is 0.705. The molecule has 0 aliphatic heterocycles. The predicted molar refractivity (Wildman–Crippen MR) is 91.6 cm³/mol. The number of nitrogens with one attached hydrogen (secondary N) is 1. The Bertz CT molecular complexity index is 783. The van der Waals surface area contributed by atoms with Gasteiger partial charge in [0.15, 0.2) is 5.76 Å². The van der Waals surface area contributed by atoms with Crippen molar-refractivity contribution in [3.8, 4) is 11.5 Å². The molecule has 0 spiro atoms. The molecule has 0 aliphatic rings. The smallest absolute Gasteiger partial charge is 0.224 e. The Hall–Kier alpha value is -2.40. The number of carbonyl (C=O) groups excluding carboxylic acids is 1. The lowest BCUT2D eigenvalue weighted by molar-refractivity contribution is -0.120. The number of halogens is 1. The van der Waals surface area contributed by atoms with Crippen LogP contribution in [-0.2, 0) is 17.8 Å². The third-order valence-electron chi connectivity index (χ3n) is 3.37. The zero-order valence-corrected chi connectivity index (χ0v) is 13.9. The summed E-state index contributed by atoms with van der Waals surface area (Å²) in [5, 5.41) is 2.93. The van der Waals surface area contributed by atoms with Crippen LogP contribution in [0.25, 0.3) is 11.5 Å². The Morgan fingerprint density at radius 3 is 2.70 bits per heavy atom. The molecule has 5 heteroatoms. The van der Waals surface area contributed by atoms with E-state index in [1.54, 1.807) is 12.5 Å². The van der Waals surface area contributed by atoms with E-state index in [2.05, 4.69) is 26.2 Å². The van der Waals surface area contributed by atoms with Crippen molar-refractivity contribution in [3.05, 3.63) is 76.6 Å². The maximum atomic E-state index is 12.0. The van der Waals surface area contributed by atoms with Crippen LogP contribution in [0.5, 0.6) is 0 Å². The van der Waals surface area contributed by atoms with Crippen molar-refractivity contribution in [2.75, 3.05) is 0 Å². The molecular formula is C18H15BrN2O2. The van der Waals surface area contributed by atoms with E-state index in [9.17, 15) is 4.79 Å². The van der Waals surface area contributed by atoms with Crippen LogP contribution < -0.4 is 5.32 Å². The second-order valence-electron chi connectivity index (χ2n) is 5.11. The fraction of sp³-hybridized carbons (Fsp3) is 0.111. The van der Waals surface area contributed by atoms with E-state index in [-0.39, 0.29) is 5.91 Å². The Morgan fingerprint density at radius 1 is 1.13 bits per heavy atom. The van der Waals surface area contributed by atoms with Crippen LogP contribution in [0.4, 0.5) is 0 Å². The first-order valence-corrected chi connectivity index (χ1v) is 8.00. The number of rotatable bonds is 5. The highest BCUT2D eigenvalue weighted by molar-refractivity contribution is 9.10. The van der Waals surface area contributed by atoms with Gasteiger partial charge >= 0.3 is 0 Å². The van der Waals surface area contributed by atoms with Crippen molar-refractivity contribution in [1.29, 1.82) is 0 Å². The molecular weight excluding hydrogens is 356 g/mol. The summed E-state index contributed by atoms with van der Waals surface area (Å²) in [6.45, 7) is 0.464.